The molecule has 1 unspecified atom stereocenters. The van der Waals surface area contributed by atoms with Gasteiger partial charge in [0.2, 0.25) is 0 Å². The Bertz CT molecular complexity index is 124. The Kier molecular flexibility index (Phi) is 10.6. The average molecular weight is 196 g/mol. The van der Waals surface area contributed by atoms with Gasteiger partial charge in [-0.15, -0.1) is 0 Å². The first-order valence-corrected chi connectivity index (χ1v) is 6.46. The van der Waals surface area contributed by atoms with Crippen molar-refractivity contribution in [1.82, 2.24) is 0 Å². The minimum Gasteiger partial charge on any atom is -0.0888 e. The highest BCUT2D eigenvalue weighted by Gasteiger charge is 1.98. The Morgan fingerprint density at radius 1 is 0.929 bits per heavy atom. The second-order valence-electron chi connectivity index (χ2n) is 4.42. The summed E-state index contributed by atoms with van der Waals surface area (Å²) in [5, 5.41) is 0. The van der Waals surface area contributed by atoms with Gasteiger partial charge in [-0.1, -0.05) is 71.4 Å². The molecule has 0 heteroatoms. The van der Waals surface area contributed by atoms with Gasteiger partial charge in [0.1, 0.15) is 0 Å². The van der Waals surface area contributed by atoms with E-state index < -0.39 is 0 Å². The lowest BCUT2D eigenvalue weighted by Gasteiger charge is -2.07. The van der Waals surface area contributed by atoms with Crippen LogP contribution in [0.1, 0.15) is 72.1 Å². The van der Waals surface area contributed by atoms with E-state index in [-0.39, 0.29) is 0 Å². The minimum absolute atomic E-state index is 0.888. The Hall–Kier alpha value is -0.260. The molecule has 0 N–H and O–H groups in total. The average Bonchev–Trinajstić information content (AvgIpc) is 2.18. The molecule has 0 heterocycles. The molecule has 0 nitrogen and oxygen atoms in total. The summed E-state index contributed by atoms with van der Waals surface area (Å²) in [5.41, 5.74) is 0. The monoisotopic (exact) mass is 196 g/mol. The molecule has 0 fully saturated rings. The maximum atomic E-state index is 2.37. The molecular formula is C14H28. The molecule has 0 amide bonds. The van der Waals surface area contributed by atoms with Gasteiger partial charge in [-0.25, -0.2) is 0 Å². The number of unbranched alkanes of at least 4 members (excludes halogenated alkanes) is 4. The predicted octanol–water partition coefficient (Wildman–Crippen LogP) is 5.34. The van der Waals surface area contributed by atoms with Gasteiger partial charge in [0.25, 0.3) is 0 Å². The molecule has 0 spiro atoms. The van der Waals surface area contributed by atoms with Crippen LogP contribution in [0.3, 0.4) is 0 Å². The van der Waals surface area contributed by atoms with Gasteiger partial charge in [-0.05, 0) is 18.8 Å². The molecular weight excluding hydrogens is 168 g/mol. The first kappa shape index (κ1) is 13.7. The molecule has 0 saturated heterocycles. The molecule has 0 aromatic heterocycles. The number of allylic oxidation sites excluding steroid dienone is 2. The van der Waals surface area contributed by atoms with Crippen molar-refractivity contribution in [2.75, 3.05) is 0 Å². The summed E-state index contributed by atoms with van der Waals surface area (Å²) in [5.74, 6) is 0.888. The summed E-state index contributed by atoms with van der Waals surface area (Å²) in [6, 6.07) is 0. The van der Waals surface area contributed by atoms with Crippen molar-refractivity contribution in [2.24, 2.45) is 5.92 Å². The zero-order chi connectivity index (χ0) is 10.6. The number of rotatable bonds is 9. The fourth-order valence-electron chi connectivity index (χ4n) is 1.71. The van der Waals surface area contributed by atoms with Crippen molar-refractivity contribution in [3.8, 4) is 0 Å². The van der Waals surface area contributed by atoms with Crippen molar-refractivity contribution in [3.63, 3.8) is 0 Å². The molecule has 0 aromatic carbocycles. The van der Waals surface area contributed by atoms with Crippen LogP contribution in [0.15, 0.2) is 12.2 Å². The summed E-state index contributed by atoms with van der Waals surface area (Å²) in [4.78, 5) is 0. The van der Waals surface area contributed by atoms with Gasteiger partial charge in [0, 0.05) is 0 Å². The van der Waals surface area contributed by atoms with Crippen LogP contribution in [0, 0.1) is 5.92 Å². The van der Waals surface area contributed by atoms with Crippen LogP contribution in [0.25, 0.3) is 0 Å². The smallest absolute Gasteiger partial charge is 0.0325 e. The van der Waals surface area contributed by atoms with E-state index in [1.807, 2.05) is 0 Å². The van der Waals surface area contributed by atoms with E-state index in [1.54, 1.807) is 0 Å². The predicted molar refractivity (Wildman–Crippen MR) is 66.6 cm³/mol. The summed E-state index contributed by atoms with van der Waals surface area (Å²) < 4.78 is 0. The minimum atomic E-state index is 0.888. The molecule has 1 atom stereocenters. The molecule has 0 rings (SSSR count). The molecule has 0 aliphatic heterocycles. The van der Waals surface area contributed by atoms with E-state index in [2.05, 4.69) is 32.9 Å². The lowest BCUT2D eigenvalue weighted by atomic mass is 9.99. The highest BCUT2D eigenvalue weighted by molar-refractivity contribution is 4.81. The topological polar surface area (TPSA) is 0 Å². The number of hydrogen-bond acceptors (Lipinski definition) is 0. The standard InChI is InChI=1S/C14H28/c1-4-6-8-9-11-13-14(3)12-10-7-5-2/h7,10,14H,4-6,8-9,11-13H2,1-3H3. The van der Waals surface area contributed by atoms with E-state index in [0.717, 1.165) is 5.92 Å². The van der Waals surface area contributed by atoms with E-state index in [1.165, 1.54) is 51.4 Å². The van der Waals surface area contributed by atoms with Crippen LogP contribution in [0.4, 0.5) is 0 Å². The van der Waals surface area contributed by atoms with Crippen molar-refractivity contribution in [3.05, 3.63) is 12.2 Å². The summed E-state index contributed by atoms with van der Waals surface area (Å²) in [7, 11) is 0. The molecule has 0 aliphatic carbocycles. The highest BCUT2D eigenvalue weighted by atomic mass is 14.0. The van der Waals surface area contributed by atoms with E-state index in [0.29, 0.717) is 0 Å². The van der Waals surface area contributed by atoms with Gasteiger partial charge in [0.15, 0.2) is 0 Å². The zero-order valence-corrected chi connectivity index (χ0v) is 10.4. The van der Waals surface area contributed by atoms with Gasteiger partial charge in [0.05, 0.1) is 0 Å². The molecule has 0 radical (unpaired) electrons. The largest absolute Gasteiger partial charge is 0.0888 e. The zero-order valence-electron chi connectivity index (χ0n) is 10.4. The quantitative estimate of drug-likeness (QED) is 0.345. The second-order valence-corrected chi connectivity index (χ2v) is 4.42. The fraction of sp³-hybridized carbons (Fsp3) is 0.857. The molecule has 0 bridgehead atoms. The van der Waals surface area contributed by atoms with Crippen LogP contribution in [0.5, 0.6) is 0 Å². The Morgan fingerprint density at radius 2 is 1.64 bits per heavy atom. The van der Waals surface area contributed by atoms with Crippen LogP contribution >= 0.6 is 0 Å². The van der Waals surface area contributed by atoms with Gasteiger partial charge >= 0.3 is 0 Å². The van der Waals surface area contributed by atoms with E-state index >= 15 is 0 Å². The first-order valence-electron chi connectivity index (χ1n) is 6.46. The number of hydrogen-bond donors (Lipinski definition) is 0. The maximum Gasteiger partial charge on any atom is -0.0325 e. The third kappa shape index (κ3) is 9.83. The summed E-state index contributed by atoms with van der Waals surface area (Å²) in [6.45, 7) is 6.85. The Morgan fingerprint density at radius 3 is 2.29 bits per heavy atom. The second kappa shape index (κ2) is 10.8. The molecule has 14 heavy (non-hydrogen) atoms. The lowest BCUT2D eigenvalue weighted by molar-refractivity contribution is 0.490. The van der Waals surface area contributed by atoms with Crippen LogP contribution in [-0.2, 0) is 0 Å². The van der Waals surface area contributed by atoms with E-state index in [4.69, 9.17) is 0 Å². The summed E-state index contributed by atoms with van der Waals surface area (Å²) in [6.07, 6.45) is 15.6. The summed E-state index contributed by atoms with van der Waals surface area (Å²) >= 11 is 0. The maximum absolute atomic E-state index is 2.37. The van der Waals surface area contributed by atoms with Crippen LogP contribution in [0.2, 0.25) is 0 Å². The lowest BCUT2D eigenvalue weighted by Crippen LogP contribution is -1.92. The van der Waals surface area contributed by atoms with E-state index in [9.17, 15) is 0 Å². The van der Waals surface area contributed by atoms with Gasteiger partial charge < -0.3 is 0 Å². The van der Waals surface area contributed by atoms with Crippen molar-refractivity contribution in [1.29, 1.82) is 0 Å². The van der Waals surface area contributed by atoms with Crippen LogP contribution < -0.4 is 0 Å². The Labute approximate surface area is 90.8 Å². The molecule has 0 aromatic rings. The molecule has 0 aliphatic rings. The van der Waals surface area contributed by atoms with Crippen molar-refractivity contribution < 1.29 is 0 Å². The molecule has 84 valence electrons. The van der Waals surface area contributed by atoms with Crippen LogP contribution in [-0.4, -0.2) is 0 Å². The normalized spacial score (nSPS) is 13.6. The van der Waals surface area contributed by atoms with Gasteiger partial charge in [-0.3, -0.25) is 0 Å². The van der Waals surface area contributed by atoms with Crippen molar-refractivity contribution in [2.45, 2.75) is 72.1 Å². The highest BCUT2D eigenvalue weighted by Crippen LogP contribution is 2.14. The fourth-order valence-corrected chi connectivity index (χ4v) is 1.71. The third-order valence-corrected chi connectivity index (χ3v) is 2.74. The first-order chi connectivity index (χ1) is 6.81. The third-order valence-electron chi connectivity index (χ3n) is 2.74. The SMILES string of the molecule is CCC=CCC(C)CCCCCCC. The van der Waals surface area contributed by atoms with Gasteiger partial charge in [-0.2, -0.15) is 0 Å². The van der Waals surface area contributed by atoms with Crippen molar-refractivity contribution >= 4 is 0 Å². The Balaban J connectivity index is 3.18. The molecule has 0 saturated carbocycles.